The van der Waals surface area contributed by atoms with Gasteiger partial charge in [-0.15, -0.1) is 0 Å². The monoisotopic (exact) mass is 554 g/mol. The zero-order chi connectivity index (χ0) is 28.3. The van der Waals surface area contributed by atoms with E-state index in [2.05, 4.69) is 33.3 Å². The van der Waals surface area contributed by atoms with Crippen LogP contribution in [0, 0.1) is 29.1 Å². The summed E-state index contributed by atoms with van der Waals surface area (Å²) in [6.07, 6.45) is -0.722. The van der Waals surface area contributed by atoms with Gasteiger partial charge in [0.05, 0.1) is 17.0 Å². The molecule has 0 aromatic heterocycles. The Hall–Kier alpha value is -3.25. The van der Waals surface area contributed by atoms with Crippen LogP contribution in [-0.2, 0) is 16.3 Å². The van der Waals surface area contributed by atoms with Gasteiger partial charge >= 0.3 is 12.3 Å². The minimum atomic E-state index is -4.32. The van der Waals surface area contributed by atoms with Gasteiger partial charge < -0.3 is 19.9 Å². The van der Waals surface area contributed by atoms with Crippen molar-refractivity contribution in [2.24, 2.45) is 17.8 Å². The number of carbonyl (C=O) groups excluding carboxylic acids is 1. The lowest BCUT2D eigenvalue weighted by Crippen LogP contribution is -2.54. The van der Waals surface area contributed by atoms with E-state index in [4.69, 9.17) is 4.74 Å². The Morgan fingerprint density at radius 3 is 2.27 bits per heavy atom. The van der Waals surface area contributed by atoms with Crippen molar-refractivity contribution >= 4 is 11.8 Å². The summed E-state index contributed by atoms with van der Waals surface area (Å²) in [6, 6.07) is 18.2. The third-order valence-corrected chi connectivity index (χ3v) is 9.20. The first-order valence-corrected chi connectivity index (χ1v) is 14.2. The smallest absolute Gasteiger partial charge is 0.416 e. The standard InChI is InChI=1S/C31H37F3N4O2/c1-36-29(39)40-28-9-5-8-27(28)30(21-35,23-6-3-2-4-7-23)24-14-16-37(17-15-24)18-22-19-38(20-22)26-12-10-25(11-13-26)31(32,33)34/h2-4,6-7,10-13,22,24,27-28H,5,8-9,14-20H2,1H3,(H,36,39)/t27-,28-,30?/m0/s1. The molecule has 1 unspecified atom stereocenters. The summed E-state index contributed by atoms with van der Waals surface area (Å²) in [7, 11) is 1.56. The second-order valence-corrected chi connectivity index (χ2v) is 11.5. The normalized spacial score (nSPS) is 24.1. The van der Waals surface area contributed by atoms with Crippen LogP contribution in [0.5, 0.6) is 0 Å². The van der Waals surface area contributed by atoms with Crippen molar-refractivity contribution in [3.05, 3.63) is 65.7 Å². The molecule has 9 heteroatoms. The van der Waals surface area contributed by atoms with Crippen molar-refractivity contribution in [2.75, 3.05) is 44.7 Å². The van der Waals surface area contributed by atoms with Gasteiger partial charge in [-0.05, 0) is 80.9 Å². The van der Waals surface area contributed by atoms with Gasteiger partial charge in [-0.3, -0.25) is 0 Å². The van der Waals surface area contributed by atoms with Crippen LogP contribution in [0.25, 0.3) is 0 Å². The van der Waals surface area contributed by atoms with Crippen LogP contribution in [0.15, 0.2) is 54.6 Å². The number of nitrogens with one attached hydrogen (secondary N) is 1. The van der Waals surface area contributed by atoms with E-state index in [0.717, 1.165) is 88.2 Å². The third kappa shape index (κ3) is 5.64. The average Bonchev–Trinajstić information content (AvgIpc) is 3.40. The minimum absolute atomic E-state index is 0.0577. The van der Waals surface area contributed by atoms with Crippen molar-refractivity contribution in [3.8, 4) is 6.07 Å². The molecule has 3 aliphatic rings. The number of nitrogens with zero attached hydrogens (tertiary/aromatic N) is 3. The molecule has 2 aliphatic heterocycles. The molecule has 1 amide bonds. The van der Waals surface area contributed by atoms with Crippen molar-refractivity contribution in [1.82, 2.24) is 10.2 Å². The molecule has 2 aromatic carbocycles. The lowest BCUT2D eigenvalue weighted by molar-refractivity contribution is -0.137. The lowest BCUT2D eigenvalue weighted by Gasteiger charge is -2.48. The Morgan fingerprint density at radius 2 is 1.68 bits per heavy atom. The van der Waals surface area contributed by atoms with Crippen molar-refractivity contribution < 1.29 is 22.7 Å². The highest BCUT2D eigenvalue weighted by atomic mass is 19.4. The van der Waals surface area contributed by atoms with Crippen molar-refractivity contribution in [3.63, 3.8) is 0 Å². The minimum Gasteiger partial charge on any atom is -0.446 e. The van der Waals surface area contributed by atoms with Crippen LogP contribution in [0.3, 0.4) is 0 Å². The molecule has 2 saturated heterocycles. The molecule has 6 nitrogen and oxygen atoms in total. The molecule has 0 radical (unpaired) electrons. The van der Waals surface area contributed by atoms with Gasteiger partial charge in [-0.2, -0.15) is 18.4 Å². The summed E-state index contributed by atoms with van der Waals surface area (Å²) in [5, 5.41) is 13.4. The first kappa shape index (κ1) is 28.3. The molecule has 214 valence electrons. The first-order chi connectivity index (χ1) is 19.2. The van der Waals surface area contributed by atoms with Gasteiger partial charge in [0.25, 0.3) is 0 Å². The molecule has 0 spiro atoms. The number of likely N-dealkylation sites (tertiary alicyclic amines) is 1. The maximum absolute atomic E-state index is 12.9. The summed E-state index contributed by atoms with van der Waals surface area (Å²) in [4.78, 5) is 16.7. The van der Waals surface area contributed by atoms with Gasteiger partial charge in [0.1, 0.15) is 6.10 Å². The number of piperidine rings is 1. The molecule has 2 aromatic rings. The number of alkyl carbamates (subject to hydrolysis) is 1. The van der Waals surface area contributed by atoms with Gasteiger partial charge in [0.15, 0.2) is 0 Å². The van der Waals surface area contributed by atoms with Crippen LogP contribution in [0.4, 0.5) is 23.7 Å². The van der Waals surface area contributed by atoms with Gasteiger partial charge in [0.2, 0.25) is 0 Å². The number of alkyl halides is 3. The highest BCUT2D eigenvalue weighted by molar-refractivity contribution is 5.67. The van der Waals surface area contributed by atoms with Gasteiger partial charge in [-0.1, -0.05) is 30.3 Å². The fourth-order valence-electron chi connectivity index (χ4n) is 7.18. The predicted molar refractivity (Wildman–Crippen MR) is 147 cm³/mol. The number of hydrogen-bond acceptors (Lipinski definition) is 5. The van der Waals surface area contributed by atoms with E-state index >= 15 is 0 Å². The molecule has 3 atom stereocenters. The second-order valence-electron chi connectivity index (χ2n) is 11.5. The zero-order valence-corrected chi connectivity index (χ0v) is 22.9. The second kappa shape index (κ2) is 11.7. The first-order valence-electron chi connectivity index (χ1n) is 14.2. The summed E-state index contributed by atoms with van der Waals surface area (Å²) in [6.45, 7) is 4.40. The number of ether oxygens (including phenoxy) is 1. The Kier molecular flexibility index (Phi) is 8.27. The number of halogens is 3. The Morgan fingerprint density at radius 1 is 1.00 bits per heavy atom. The Bertz CT molecular complexity index is 1190. The summed E-state index contributed by atoms with van der Waals surface area (Å²) in [5.74, 6) is 0.562. The molecular weight excluding hydrogens is 517 g/mol. The summed E-state index contributed by atoms with van der Waals surface area (Å²) >= 11 is 0. The molecule has 1 aliphatic carbocycles. The van der Waals surface area contributed by atoms with Crippen molar-refractivity contribution in [2.45, 2.75) is 49.8 Å². The SMILES string of the molecule is CNC(=O)O[C@H]1CCC[C@@H]1C(C#N)(c1ccccc1)C1CCN(CC2CN(c3ccc(C(F)(F)F)cc3)C2)CC1. The molecule has 3 fully saturated rings. The Labute approximate surface area is 234 Å². The number of hydrogen-bond donors (Lipinski definition) is 1. The number of benzene rings is 2. The molecule has 1 N–H and O–H groups in total. The number of carbonyl (C=O) groups is 1. The van der Waals surface area contributed by atoms with Crippen LogP contribution in [0.1, 0.15) is 43.2 Å². The molecule has 40 heavy (non-hydrogen) atoms. The summed E-state index contributed by atoms with van der Waals surface area (Å²) < 4.78 is 44.4. The van der Waals surface area contributed by atoms with Crippen LogP contribution < -0.4 is 10.2 Å². The van der Waals surface area contributed by atoms with Gasteiger partial charge in [-0.25, -0.2) is 4.79 Å². The van der Waals surface area contributed by atoms with E-state index in [0.29, 0.717) is 5.92 Å². The topological polar surface area (TPSA) is 68.6 Å². The fourth-order valence-corrected chi connectivity index (χ4v) is 7.18. The maximum atomic E-state index is 12.9. The molecule has 0 bridgehead atoms. The molecule has 1 saturated carbocycles. The van der Waals surface area contributed by atoms with E-state index in [1.165, 1.54) is 0 Å². The highest BCUT2D eigenvalue weighted by Crippen LogP contribution is 2.51. The molecule has 2 heterocycles. The fraction of sp³-hybridized carbons (Fsp3) is 0.548. The average molecular weight is 555 g/mol. The van der Waals surface area contributed by atoms with Crippen LogP contribution >= 0.6 is 0 Å². The van der Waals surface area contributed by atoms with Crippen LogP contribution in [0.2, 0.25) is 0 Å². The van der Waals surface area contributed by atoms with E-state index in [-0.39, 0.29) is 17.9 Å². The summed E-state index contributed by atoms with van der Waals surface area (Å²) in [5.41, 5.74) is 0.497. The van der Waals surface area contributed by atoms with Crippen LogP contribution in [-0.4, -0.2) is 56.9 Å². The number of nitriles is 1. The lowest BCUT2D eigenvalue weighted by atomic mass is 9.59. The number of amides is 1. The van der Waals surface area contributed by atoms with E-state index in [9.17, 15) is 23.2 Å². The number of anilines is 1. The maximum Gasteiger partial charge on any atom is 0.416 e. The Balaban J connectivity index is 1.22. The number of rotatable bonds is 7. The predicted octanol–water partition coefficient (Wildman–Crippen LogP) is 5.84. The van der Waals surface area contributed by atoms with E-state index < -0.39 is 23.2 Å². The zero-order valence-electron chi connectivity index (χ0n) is 22.9. The van der Waals surface area contributed by atoms with E-state index in [1.807, 2.05) is 18.2 Å². The van der Waals surface area contributed by atoms with E-state index in [1.54, 1.807) is 19.2 Å². The van der Waals surface area contributed by atoms with Gasteiger partial charge in [0, 0.05) is 44.2 Å². The van der Waals surface area contributed by atoms with Crippen molar-refractivity contribution in [1.29, 1.82) is 5.26 Å². The largest absolute Gasteiger partial charge is 0.446 e. The molecular formula is C31H37F3N4O2. The molecule has 5 rings (SSSR count). The highest BCUT2D eigenvalue weighted by Gasteiger charge is 2.53. The quantitative estimate of drug-likeness (QED) is 0.466. The third-order valence-electron chi connectivity index (χ3n) is 9.20.